The van der Waals surface area contributed by atoms with Gasteiger partial charge >= 0.3 is 29.6 Å². The standard InChI is InChI=1S/C15H15O4.Na/c1-2-19-15(18)12-9-8-11(14(12)17)13(16)10-6-4-3-5-7-10;/h3-7,11H,2,8-9H2,1H3;/q-1;+1. The summed E-state index contributed by atoms with van der Waals surface area (Å²) in [6, 6.07) is 8.67. The van der Waals surface area contributed by atoms with E-state index in [1.54, 1.807) is 31.2 Å². The molecule has 1 aliphatic carbocycles. The van der Waals surface area contributed by atoms with Crippen molar-refractivity contribution in [3.8, 4) is 0 Å². The number of hydrogen-bond donors (Lipinski definition) is 0. The fourth-order valence-electron chi connectivity index (χ4n) is 2.23. The Balaban J connectivity index is 0.00000200. The number of carbonyl (C=O) groups is 3. The monoisotopic (exact) mass is 282 g/mol. The molecule has 0 amide bonds. The van der Waals surface area contributed by atoms with E-state index in [0.29, 0.717) is 18.4 Å². The van der Waals surface area contributed by atoms with Crippen LogP contribution in [0.5, 0.6) is 0 Å². The summed E-state index contributed by atoms with van der Waals surface area (Å²) in [5.74, 6) is -1.80. The third-order valence-corrected chi connectivity index (χ3v) is 3.19. The fourth-order valence-corrected chi connectivity index (χ4v) is 2.23. The molecule has 1 atom stereocenters. The maximum Gasteiger partial charge on any atom is 1.00 e. The van der Waals surface area contributed by atoms with Crippen LogP contribution >= 0.6 is 0 Å². The van der Waals surface area contributed by atoms with Crippen molar-refractivity contribution in [1.82, 2.24) is 0 Å². The molecule has 5 heteroatoms. The van der Waals surface area contributed by atoms with Gasteiger partial charge in [0.1, 0.15) is 0 Å². The van der Waals surface area contributed by atoms with Crippen LogP contribution in [0.1, 0.15) is 30.1 Å². The van der Waals surface area contributed by atoms with Crippen molar-refractivity contribution in [1.29, 1.82) is 0 Å². The number of ketones is 2. The minimum atomic E-state index is -0.734. The molecule has 1 saturated carbocycles. The molecule has 1 fully saturated rings. The van der Waals surface area contributed by atoms with E-state index in [1.165, 1.54) is 0 Å². The Kier molecular flexibility index (Phi) is 6.46. The molecule has 0 saturated heterocycles. The van der Waals surface area contributed by atoms with Gasteiger partial charge in [0.15, 0.2) is 11.8 Å². The molecular weight excluding hydrogens is 267 g/mol. The van der Waals surface area contributed by atoms with Crippen LogP contribution in [0.2, 0.25) is 0 Å². The summed E-state index contributed by atoms with van der Waals surface area (Å²) in [5, 5.41) is 0. The summed E-state index contributed by atoms with van der Waals surface area (Å²) < 4.78 is 4.82. The third-order valence-electron chi connectivity index (χ3n) is 3.19. The number of Topliss-reactive ketones (excluding diaryl/α,β-unsaturated/α-hetero) is 2. The Bertz CT molecular complexity index is 498. The predicted octanol–water partition coefficient (Wildman–Crippen LogP) is -1.01. The maximum atomic E-state index is 12.2. The minimum Gasteiger partial charge on any atom is -0.488 e. The number of hydrogen-bond acceptors (Lipinski definition) is 4. The van der Waals surface area contributed by atoms with E-state index in [1.807, 2.05) is 6.07 Å². The van der Waals surface area contributed by atoms with Gasteiger partial charge in [-0.15, -0.1) is 6.42 Å². The SMILES string of the molecule is CCOC(=O)[C-]1CCC(C(=O)c2ccccc2)C1=O.[Na+]. The Morgan fingerprint density at radius 3 is 2.55 bits per heavy atom. The van der Waals surface area contributed by atoms with Crippen LogP contribution in [0.4, 0.5) is 0 Å². The summed E-state index contributed by atoms with van der Waals surface area (Å²) in [5.41, 5.74) is 0.506. The molecule has 1 aromatic rings. The van der Waals surface area contributed by atoms with E-state index in [4.69, 9.17) is 4.74 Å². The Hall–Kier alpha value is -1.10. The molecule has 1 aromatic carbocycles. The van der Waals surface area contributed by atoms with Gasteiger partial charge in [-0.1, -0.05) is 36.8 Å². The minimum absolute atomic E-state index is 0. The van der Waals surface area contributed by atoms with Gasteiger partial charge in [0.25, 0.3) is 0 Å². The normalized spacial score (nSPS) is 17.6. The smallest absolute Gasteiger partial charge is 0.488 e. The van der Waals surface area contributed by atoms with E-state index in [9.17, 15) is 14.4 Å². The quantitative estimate of drug-likeness (QED) is 0.233. The molecule has 0 bridgehead atoms. The molecule has 2 rings (SSSR count). The van der Waals surface area contributed by atoms with Crippen molar-refractivity contribution in [3.05, 3.63) is 41.8 Å². The third kappa shape index (κ3) is 3.51. The van der Waals surface area contributed by atoms with Gasteiger partial charge in [-0.3, -0.25) is 9.59 Å². The molecule has 100 valence electrons. The van der Waals surface area contributed by atoms with E-state index in [0.717, 1.165) is 0 Å². The molecule has 20 heavy (non-hydrogen) atoms. The first-order valence-electron chi connectivity index (χ1n) is 6.31. The van der Waals surface area contributed by atoms with Crippen LogP contribution < -0.4 is 29.6 Å². The summed E-state index contributed by atoms with van der Waals surface area (Å²) >= 11 is 0. The fraction of sp³-hybridized carbons (Fsp3) is 0.333. The second-order valence-corrected chi connectivity index (χ2v) is 4.38. The summed E-state index contributed by atoms with van der Waals surface area (Å²) in [7, 11) is 0. The zero-order chi connectivity index (χ0) is 13.8. The Labute approximate surface area is 140 Å². The number of ether oxygens (including phenoxy) is 1. The van der Waals surface area contributed by atoms with Crippen molar-refractivity contribution >= 4 is 17.5 Å². The Morgan fingerprint density at radius 2 is 1.95 bits per heavy atom. The van der Waals surface area contributed by atoms with Gasteiger partial charge in [-0.05, 0) is 6.92 Å². The van der Waals surface area contributed by atoms with Gasteiger partial charge in [-0.25, -0.2) is 5.92 Å². The molecule has 0 heterocycles. The molecular formula is C15H15NaO4. The van der Waals surface area contributed by atoms with Crippen molar-refractivity contribution in [2.45, 2.75) is 19.8 Å². The molecule has 1 aliphatic rings. The molecule has 0 N–H and O–H groups in total. The van der Waals surface area contributed by atoms with Crippen molar-refractivity contribution in [2.75, 3.05) is 6.61 Å². The zero-order valence-electron chi connectivity index (χ0n) is 11.7. The maximum absolute atomic E-state index is 12.2. The summed E-state index contributed by atoms with van der Waals surface area (Å²) in [6.07, 6.45) is 0.710. The summed E-state index contributed by atoms with van der Waals surface area (Å²) in [6.45, 7) is 1.91. The number of rotatable bonds is 4. The van der Waals surface area contributed by atoms with Gasteiger partial charge < -0.3 is 9.53 Å². The average Bonchev–Trinajstić information content (AvgIpc) is 2.81. The number of benzene rings is 1. The molecule has 4 nitrogen and oxygen atoms in total. The van der Waals surface area contributed by atoms with Gasteiger partial charge in [-0.2, -0.15) is 0 Å². The van der Waals surface area contributed by atoms with Crippen LogP contribution in [0.3, 0.4) is 0 Å². The first-order valence-corrected chi connectivity index (χ1v) is 6.31. The van der Waals surface area contributed by atoms with Crippen molar-refractivity contribution in [3.63, 3.8) is 0 Å². The summed E-state index contributed by atoms with van der Waals surface area (Å²) in [4.78, 5) is 35.8. The van der Waals surface area contributed by atoms with Crippen LogP contribution in [-0.2, 0) is 14.3 Å². The Morgan fingerprint density at radius 1 is 1.30 bits per heavy atom. The number of carbonyl (C=O) groups excluding carboxylic acids is 3. The van der Waals surface area contributed by atoms with Crippen molar-refractivity contribution < 1.29 is 48.7 Å². The largest absolute Gasteiger partial charge is 1.00 e. The van der Waals surface area contributed by atoms with E-state index in [-0.39, 0.29) is 53.6 Å². The van der Waals surface area contributed by atoms with Crippen molar-refractivity contribution in [2.24, 2.45) is 5.92 Å². The van der Waals surface area contributed by atoms with Crippen LogP contribution in [0.15, 0.2) is 30.3 Å². The van der Waals surface area contributed by atoms with Crippen LogP contribution in [-0.4, -0.2) is 24.1 Å². The molecule has 0 aromatic heterocycles. The molecule has 0 aliphatic heterocycles. The molecule has 1 unspecified atom stereocenters. The molecule has 0 spiro atoms. The predicted molar refractivity (Wildman–Crippen MR) is 68.4 cm³/mol. The van der Waals surface area contributed by atoms with Gasteiger partial charge in [0, 0.05) is 11.3 Å². The zero-order valence-corrected chi connectivity index (χ0v) is 13.7. The first kappa shape index (κ1) is 17.0. The number of esters is 1. The van der Waals surface area contributed by atoms with Crippen LogP contribution in [0.25, 0.3) is 0 Å². The van der Waals surface area contributed by atoms with E-state index >= 15 is 0 Å². The average molecular weight is 282 g/mol. The first-order chi connectivity index (χ1) is 9.15. The molecule has 0 radical (unpaired) electrons. The second kappa shape index (κ2) is 7.62. The second-order valence-electron chi connectivity index (χ2n) is 4.38. The van der Waals surface area contributed by atoms with Gasteiger partial charge in [0.05, 0.1) is 12.5 Å². The van der Waals surface area contributed by atoms with E-state index < -0.39 is 11.9 Å². The topological polar surface area (TPSA) is 60.4 Å². The van der Waals surface area contributed by atoms with Crippen LogP contribution in [0, 0.1) is 11.8 Å². The van der Waals surface area contributed by atoms with Gasteiger partial charge in [0.2, 0.25) is 0 Å². The van der Waals surface area contributed by atoms with E-state index in [2.05, 4.69) is 0 Å².